The van der Waals surface area contributed by atoms with E-state index in [1.165, 1.54) is 7.11 Å². The topological polar surface area (TPSA) is 80.3 Å². The van der Waals surface area contributed by atoms with Gasteiger partial charge in [0.2, 0.25) is 0 Å². The molecule has 1 fully saturated rings. The van der Waals surface area contributed by atoms with Gasteiger partial charge >= 0.3 is 11.9 Å². The van der Waals surface area contributed by atoms with E-state index >= 15 is 0 Å². The molecule has 1 aliphatic heterocycles. The lowest BCUT2D eigenvalue weighted by atomic mass is 10.1. The Morgan fingerprint density at radius 3 is 2.13 bits per heavy atom. The Balaban J connectivity index is 1.74. The van der Waals surface area contributed by atoms with Gasteiger partial charge in [-0.3, -0.25) is 0 Å². The number of hydrogen-bond acceptors (Lipinski definition) is 7. The molecule has 4 atom stereocenters. The maximum absolute atomic E-state index is 12.6. The zero-order valence-electron chi connectivity index (χ0n) is 16.4. The molecule has 3 rings (SSSR count). The Kier molecular flexibility index (Phi) is 7.57. The highest BCUT2D eigenvalue weighted by atomic mass is 16.7. The first-order valence-corrected chi connectivity index (χ1v) is 9.35. The molecule has 0 N–H and O–H groups in total. The second kappa shape index (κ2) is 10.6. The van der Waals surface area contributed by atoms with Crippen LogP contribution in [-0.4, -0.2) is 56.9 Å². The fourth-order valence-electron chi connectivity index (χ4n) is 3.06. The summed E-state index contributed by atoms with van der Waals surface area (Å²) in [7, 11) is 1.44. The van der Waals surface area contributed by atoms with Gasteiger partial charge in [-0.25, -0.2) is 9.59 Å². The monoisotopic (exact) mass is 410 g/mol. The van der Waals surface area contributed by atoms with Gasteiger partial charge in [0.15, 0.2) is 12.4 Å². The highest BCUT2D eigenvalue weighted by molar-refractivity contribution is 5.90. The van der Waals surface area contributed by atoms with Gasteiger partial charge in [0, 0.05) is 7.11 Å². The zero-order chi connectivity index (χ0) is 21.3. The molecular formula is C23H22O7. The third kappa shape index (κ3) is 5.24. The van der Waals surface area contributed by atoms with Crippen molar-refractivity contribution in [2.45, 2.75) is 24.6 Å². The van der Waals surface area contributed by atoms with Crippen LogP contribution in [0.5, 0.6) is 0 Å². The quantitative estimate of drug-likeness (QED) is 0.489. The van der Waals surface area contributed by atoms with Crippen LogP contribution in [-0.2, 0) is 23.7 Å². The number of methoxy groups -OCH3 is 1. The lowest BCUT2D eigenvalue weighted by Gasteiger charge is -2.23. The molecule has 1 saturated heterocycles. The number of carbonyl (C=O) groups excluding carboxylic acids is 2. The molecule has 0 unspecified atom stereocenters. The maximum atomic E-state index is 12.6. The molecule has 2 aromatic rings. The largest absolute Gasteiger partial charge is 0.459 e. The summed E-state index contributed by atoms with van der Waals surface area (Å²) in [6.45, 7) is -0.181. The molecular weight excluding hydrogens is 388 g/mol. The summed E-state index contributed by atoms with van der Waals surface area (Å²) in [4.78, 5) is 24.9. The van der Waals surface area contributed by atoms with Gasteiger partial charge in [-0.05, 0) is 24.3 Å². The van der Waals surface area contributed by atoms with Gasteiger partial charge in [-0.1, -0.05) is 42.3 Å². The lowest BCUT2D eigenvalue weighted by Crippen LogP contribution is -2.41. The van der Waals surface area contributed by atoms with Crippen LogP contribution < -0.4 is 0 Å². The lowest BCUT2D eigenvalue weighted by molar-refractivity contribution is -0.162. The predicted molar refractivity (Wildman–Crippen MR) is 107 cm³/mol. The fraction of sp³-hybridized carbons (Fsp3) is 0.304. The van der Waals surface area contributed by atoms with Crippen LogP contribution in [0.25, 0.3) is 0 Å². The zero-order valence-corrected chi connectivity index (χ0v) is 16.4. The van der Waals surface area contributed by atoms with E-state index in [9.17, 15) is 9.59 Å². The van der Waals surface area contributed by atoms with E-state index in [-0.39, 0.29) is 13.2 Å². The van der Waals surface area contributed by atoms with Gasteiger partial charge in [-0.2, -0.15) is 0 Å². The molecule has 2 aromatic carbocycles. The van der Waals surface area contributed by atoms with E-state index in [0.29, 0.717) is 11.1 Å². The van der Waals surface area contributed by atoms with Crippen molar-refractivity contribution in [2.24, 2.45) is 0 Å². The molecule has 0 radical (unpaired) electrons. The molecule has 7 heteroatoms. The van der Waals surface area contributed by atoms with Crippen molar-refractivity contribution >= 4 is 11.9 Å². The van der Waals surface area contributed by atoms with Crippen molar-refractivity contribution in [3.8, 4) is 12.3 Å². The molecule has 0 saturated carbocycles. The SMILES string of the molecule is C#CCO[C@H]1[C@H](OC)O[C@H](COC(=O)c2ccccc2)[C@H]1OC(=O)c1ccccc1. The molecule has 1 heterocycles. The summed E-state index contributed by atoms with van der Waals surface area (Å²) in [6, 6.07) is 17.1. The van der Waals surface area contributed by atoms with Gasteiger partial charge < -0.3 is 23.7 Å². The van der Waals surface area contributed by atoms with Crippen LogP contribution in [0, 0.1) is 12.3 Å². The molecule has 156 valence electrons. The highest BCUT2D eigenvalue weighted by Gasteiger charge is 2.49. The summed E-state index contributed by atoms with van der Waals surface area (Å²) in [5.41, 5.74) is 0.769. The number of benzene rings is 2. The van der Waals surface area contributed by atoms with Crippen molar-refractivity contribution in [2.75, 3.05) is 20.3 Å². The summed E-state index contributed by atoms with van der Waals surface area (Å²) in [5.74, 6) is 1.29. The second-order valence-electron chi connectivity index (χ2n) is 6.46. The molecule has 0 spiro atoms. The fourth-order valence-corrected chi connectivity index (χ4v) is 3.06. The van der Waals surface area contributed by atoms with Crippen molar-refractivity contribution < 1.29 is 33.3 Å². The number of terminal acetylenes is 1. The Bertz CT molecular complexity index is 875. The molecule has 7 nitrogen and oxygen atoms in total. The molecule has 30 heavy (non-hydrogen) atoms. The van der Waals surface area contributed by atoms with E-state index in [1.807, 2.05) is 0 Å². The van der Waals surface area contributed by atoms with E-state index in [0.717, 1.165) is 0 Å². The van der Waals surface area contributed by atoms with Crippen LogP contribution in [0.2, 0.25) is 0 Å². The molecule has 0 amide bonds. The number of carbonyl (C=O) groups is 2. The van der Waals surface area contributed by atoms with E-state index in [2.05, 4.69) is 5.92 Å². The summed E-state index contributed by atoms with van der Waals surface area (Å²) >= 11 is 0. The van der Waals surface area contributed by atoms with Gasteiger partial charge in [0.1, 0.15) is 25.4 Å². The first kappa shape index (κ1) is 21.5. The average Bonchev–Trinajstić information content (AvgIpc) is 3.13. The number of esters is 2. The van der Waals surface area contributed by atoms with E-state index < -0.39 is 36.5 Å². The maximum Gasteiger partial charge on any atom is 0.338 e. The van der Waals surface area contributed by atoms with Gasteiger partial charge in [0.25, 0.3) is 0 Å². The van der Waals surface area contributed by atoms with Crippen molar-refractivity contribution in [3.63, 3.8) is 0 Å². The Labute approximate surface area is 174 Å². The van der Waals surface area contributed by atoms with Crippen molar-refractivity contribution in [1.82, 2.24) is 0 Å². The van der Waals surface area contributed by atoms with Gasteiger partial charge in [0.05, 0.1) is 11.1 Å². The second-order valence-corrected chi connectivity index (χ2v) is 6.46. The summed E-state index contributed by atoms with van der Waals surface area (Å²) < 4.78 is 27.8. The Morgan fingerprint density at radius 2 is 1.57 bits per heavy atom. The minimum Gasteiger partial charge on any atom is -0.459 e. The average molecular weight is 410 g/mol. The van der Waals surface area contributed by atoms with E-state index in [1.54, 1.807) is 60.7 Å². The normalized spacial score (nSPS) is 22.8. The van der Waals surface area contributed by atoms with Crippen molar-refractivity contribution in [3.05, 3.63) is 71.8 Å². The molecule has 0 aromatic heterocycles. The third-order valence-electron chi connectivity index (χ3n) is 4.50. The minimum absolute atomic E-state index is 0.0240. The smallest absolute Gasteiger partial charge is 0.338 e. The molecule has 1 aliphatic rings. The number of ether oxygens (including phenoxy) is 5. The molecule has 0 bridgehead atoms. The number of hydrogen-bond donors (Lipinski definition) is 0. The van der Waals surface area contributed by atoms with E-state index in [4.69, 9.17) is 30.1 Å². The standard InChI is InChI=1S/C23H22O7/c1-3-14-27-20-19(30-22(25)17-12-8-5-9-13-17)18(29-23(20)26-2)15-28-21(24)16-10-6-4-7-11-16/h1,4-13,18-20,23H,14-15H2,2H3/t18-,19-,20-,23-/m1/s1. The number of rotatable bonds is 8. The minimum atomic E-state index is -0.889. The van der Waals surface area contributed by atoms with Crippen LogP contribution in [0.15, 0.2) is 60.7 Å². The van der Waals surface area contributed by atoms with Crippen molar-refractivity contribution in [1.29, 1.82) is 0 Å². The van der Waals surface area contributed by atoms with Crippen LogP contribution >= 0.6 is 0 Å². The Morgan fingerprint density at radius 1 is 0.967 bits per heavy atom. The predicted octanol–water partition coefficient (Wildman–Crippen LogP) is 2.46. The van der Waals surface area contributed by atoms with Crippen LogP contribution in [0.3, 0.4) is 0 Å². The molecule has 0 aliphatic carbocycles. The third-order valence-corrected chi connectivity index (χ3v) is 4.50. The van der Waals surface area contributed by atoms with Gasteiger partial charge in [-0.15, -0.1) is 6.42 Å². The summed E-state index contributed by atoms with van der Waals surface area (Å²) in [5, 5.41) is 0. The Hall–Kier alpha value is -3.18. The highest BCUT2D eigenvalue weighted by Crippen LogP contribution is 2.28. The first-order valence-electron chi connectivity index (χ1n) is 9.35. The van der Waals surface area contributed by atoms with Crippen LogP contribution in [0.1, 0.15) is 20.7 Å². The summed E-state index contributed by atoms with van der Waals surface area (Å²) in [6.07, 6.45) is 1.99. The van der Waals surface area contributed by atoms with Crippen LogP contribution in [0.4, 0.5) is 0 Å². The first-order chi connectivity index (χ1) is 14.6.